The fourth-order valence-electron chi connectivity index (χ4n) is 1.92. The molecule has 1 aliphatic rings. The molecule has 1 saturated heterocycles. The molecule has 1 aliphatic heterocycles. The predicted octanol–water partition coefficient (Wildman–Crippen LogP) is 0.512. The number of hydrogen-bond donors (Lipinski definition) is 1. The number of piperazine rings is 1. The molecule has 1 N–H and O–H groups in total. The van der Waals surface area contributed by atoms with E-state index in [1.165, 1.54) is 21.3 Å². The summed E-state index contributed by atoms with van der Waals surface area (Å²) in [5, 5.41) is 0.586. The number of nitrogens with zero attached hydrogens (tertiary/aromatic N) is 1. The van der Waals surface area contributed by atoms with Gasteiger partial charge in [-0.3, -0.25) is 0 Å². The van der Waals surface area contributed by atoms with Crippen LogP contribution in [0.25, 0.3) is 0 Å². The molecule has 0 bridgehead atoms. The topological polar surface area (TPSA) is 41.8 Å². The lowest BCUT2D eigenvalue weighted by Crippen LogP contribution is -3.12. The van der Waals surface area contributed by atoms with Gasteiger partial charge >= 0.3 is 0 Å². The van der Waals surface area contributed by atoms with E-state index >= 15 is 0 Å². The molecule has 0 spiro atoms. The summed E-state index contributed by atoms with van der Waals surface area (Å²) >= 11 is 11.8. The fraction of sp³-hybridized carbons (Fsp3) is 0.455. The van der Waals surface area contributed by atoms with Gasteiger partial charge in [-0.05, 0) is 18.2 Å². The van der Waals surface area contributed by atoms with Crippen LogP contribution in [-0.2, 0) is 10.0 Å². The number of quaternary nitrogens is 1. The number of nitrogens with one attached hydrogen (secondary N) is 1. The third-order valence-corrected chi connectivity index (χ3v) is 5.70. The van der Waals surface area contributed by atoms with Gasteiger partial charge in [0.2, 0.25) is 10.0 Å². The summed E-state index contributed by atoms with van der Waals surface area (Å²) in [6, 6.07) is 4.50. The van der Waals surface area contributed by atoms with Gasteiger partial charge in [0, 0.05) is 5.02 Å². The van der Waals surface area contributed by atoms with Crippen LogP contribution in [0.5, 0.6) is 0 Å². The minimum Gasteiger partial charge on any atom is -0.335 e. The lowest BCUT2D eigenvalue weighted by atomic mass is 10.4. The molecule has 100 valence electrons. The summed E-state index contributed by atoms with van der Waals surface area (Å²) in [5.74, 6) is 0. The van der Waals surface area contributed by atoms with Gasteiger partial charge in [-0.1, -0.05) is 23.2 Å². The van der Waals surface area contributed by atoms with E-state index in [-0.39, 0.29) is 9.92 Å². The third-order valence-electron chi connectivity index (χ3n) is 3.09. The molecule has 0 saturated carbocycles. The van der Waals surface area contributed by atoms with E-state index in [9.17, 15) is 8.42 Å². The van der Waals surface area contributed by atoms with Crippen molar-refractivity contribution in [3.05, 3.63) is 28.2 Å². The fourth-order valence-corrected chi connectivity index (χ4v) is 4.10. The molecule has 4 nitrogen and oxygen atoms in total. The van der Waals surface area contributed by atoms with Crippen molar-refractivity contribution in [1.29, 1.82) is 0 Å². The highest BCUT2D eigenvalue weighted by atomic mass is 35.5. The van der Waals surface area contributed by atoms with E-state index in [1.54, 1.807) is 6.07 Å². The third kappa shape index (κ3) is 2.81. The second kappa shape index (κ2) is 5.35. The first-order valence-electron chi connectivity index (χ1n) is 5.68. The lowest BCUT2D eigenvalue weighted by molar-refractivity contribution is -0.883. The van der Waals surface area contributed by atoms with Crippen molar-refractivity contribution < 1.29 is 13.3 Å². The summed E-state index contributed by atoms with van der Waals surface area (Å²) in [5.41, 5.74) is 0. The Morgan fingerprint density at radius 1 is 1.22 bits per heavy atom. The smallest absolute Gasteiger partial charge is 0.245 e. The second-order valence-corrected chi connectivity index (χ2v) is 7.19. The van der Waals surface area contributed by atoms with Crippen LogP contribution in [-0.4, -0.2) is 45.9 Å². The number of sulfonamides is 1. The maximum absolute atomic E-state index is 12.4. The molecule has 2 rings (SSSR count). The van der Waals surface area contributed by atoms with E-state index in [0.29, 0.717) is 18.1 Å². The first-order valence-corrected chi connectivity index (χ1v) is 7.87. The average Bonchev–Trinajstić information content (AvgIpc) is 2.32. The van der Waals surface area contributed by atoms with Crippen LogP contribution < -0.4 is 4.90 Å². The zero-order valence-corrected chi connectivity index (χ0v) is 12.3. The number of likely N-dealkylation sites (N-methyl/N-ethyl adjacent to an activating group) is 1. The molecule has 0 radical (unpaired) electrons. The van der Waals surface area contributed by atoms with Crippen LogP contribution in [0.4, 0.5) is 0 Å². The molecule has 7 heteroatoms. The average molecular weight is 310 g/mol. The van der Waals surface area contributed by atoms with E-state index in [1.807, 2.05) is 0 Å². The molecule has 0 aliphatic carbocycles. The predicted molar refractivity (Wildman–Crippen MR) is 71.8 cm³/mol. The molecule has 1 heterocycles. The lowest BCUT2D eigenvalue weighted by Gasteiger charge is -2.29. The van der Waals surface area contributed by atoms with Gasteiger partial charge in [-0.15, -0.1) is 0 Å². The van der Waals surface area contributed by atoms with E-state index in [0.717, 1.165) is 13.1 Å². The molecule has 0 atom stereocenters. The number of hydrogen-bond acceptors (Lipinski definition) is 2. The highest BCUT2D eigenvalue weighted by molar-refractivity contribution is 7.89. The minimum atomic E-state index is -3.54. The van der Waals surface area contributed by atoms with Crippen LogP contribution >= 0.6 is 23.2 Å². The standard InChI is InChI=1S/C11H14Cl2N2O2S/c1-14-4-6-15(7-5-14)18(16,17)11-8-9(12)2-3-10(11)13/h2-3,8H,4-7H2,1H3/p+1. The van der Waals surface area contributed by atoms with Crippen molar-refractivity contribution in [2.45, 2.75) is 4.90 Å². The molecular formula is C11H15Cl2N2O2S+. The molecule has 1 aromatic carbocycles. The van der Waals surface area contributed by atoms with Crippen LogP contribution in [0, 0.1) is 0 Å². The van der Waals surface area contributed by atoms with Gasteiger partial charge in [-0.25, -0.2) is 8.42 Å². The minimum absolute atomic E-state index is 0.0937. The highest BCUT2D eigenvalue weighted by Gasteiger charge is 2.30. The van der Waals surface area contributed by atoms with Crippen LogP contribution in [0.1, 0.15) is 0 Å². The Kier molecular flexibility index (Phi) is 4.18. The Morgan fingerprint density at radius 2 is 1.83 bits per heavy atom. The summed E-state index contributed by atoms with van der Waals surface area (Å²) in [6.45, 7) is 2.63. The Hall–Kier alpha value is -0.330. The van der Waals surface area contributed by atoms with Crippen LogP contribution in [0.15, 0.2) is 23.1 Å². The molecule has 0 aromatic heterocycles. The maximum atomic E-state index is 12.4. The summed E-state index contributed by atoms with van der Waals surface area (Å²) in [4.78, 5) is 1.43. The Bertz CT molecular complexity index is 540. The van der Waals surface area contributed by atoms with Crippen LogP contribution in [0.2, 0.25) is 10.0 Å². The number of benzene rings is 1. The molecule has 0 amide bonds. The van der Waals surface area contributed by atoms with Crippen molar-refractivity contribution in [1.82, 2.24) is 4.31 Å². The summed E-state index contributed by atoms with van der Waals surface area (Å²) in [7, 11) is -1.48. The number of halogens is 2. The van der Waals surface area contributed by atoms with E-state index < -0.39 is 10.0 Å². The molecule has 0 unspecified atom stereocenters. The Labute approximate surface area is 117 Å². The van der Waals surface area contributed by atoms with Crippen molar-refractivity contribution in [2.75, 3.05) is 33.2 Å². The van der Waals surface area contributed by atoms with Gasteiger partial charge in [0.25, 0.3) is 0 Å². The zero-order chi connectivity index (χ0) is 13.3. The van der Waals surface area contributed by atoms with Gasteiger partial charge < -0.3 is 4.90 Å². The highest BCUT2D eigenvalue weighted by Crippen LogP contribution is 2.27. The first kappa shape index (κ1) is 14.1. The SMILES string of the molecule is C[NH+]1CCN(S(=O)(=O)c2cc(Cl)ccc2Cl)CC1. The van der Waals surface area contributed by atoms with Gasteiger partial charge in [0.15, 0.2) is 0 Å². The quantitative estimate of drug-likeness (QED) is 0.865. The first-order chi connectivity index (χ1) is 8.41. The van der Waals surface area contributed by atoms with Crippen molar-refractivity contribution >= 4 is 33.2 Å². The molecule has 18 heavy (non-hydrogen) atoms. The Morgan fingerprint density at radius 3 is 2.44 bits per heavy atom. The van der Waals surface area contributed by atoms with Gasteiger partial charge in [0.1, 0.15) is 4.90 Å². The van der Waals surface area contributed by atoms with Crippen molar-refractivity contribution in [3.63, 3.8) is 0 Å². The van der Waals surface area contributed by atoms with Gasteiger partial charge in [-0.2, -0.15) is 4.31 Å². The molecular weight excluding hydrogens is 295 g/mol. The molecule has 1 fully saturated rings. The van der Waals surface area contributed by atoms with Crippen molar-refractivity contribution in [3.8, 4) is 0 Å². The normalized spacial score (nSPS) is 19.1. The summed E-state index contributed by atoms with van der Waals surface area (Å²) < 4.78 is 26.4. The van der Waals surface area contributed by atoms with Crippen LogP contribution in [0.3, 0.4) is 0 Å². The largest absolute Gasteiger partial charge is 0.335 e. The van der Waals surface area contributed by atoms with Crippen molar-refractivity contribution in [2.24, 2.45) is 0 Å². The zero-order valence-electron chi connectivity index (χ0n) is 9.99. The van der Waals surface area contributed by atoms with E-state index in [4.69, 9.17) is 23.2 Å². The molecule has 1 aromatic rings. The van der Waals surface area contributed by atoms with Gasteiger partial charge in [0.05, 0.1) is 38.2 Å². The Balaban J connectivity index is 2.33. The maximum Gasteiger partial charge on any atom is 0.245 e. The van der Waals surface area contributed by atoms with E-state index in [2.05, 4.69) is 7.05 Å². The number of rotatable bonds is 2. The monoisotopic (exact) mass is 309 g/mol. The summed E-state index contributed by atoms with van der Waals surface area (Å²) in [6.07, 6.45) is 0. The second-order valence-electron chi connectivity index (χ2n) is 4.44.